The van der Waals surface area contributed by atoms with Crippen LogP contribution in [0.25, 0.3) is 11.0 Å². The summed E-state index contributed by atoms with van der Waals surface area (Å²) in [5.74, 6) is 0. The Morgan fingerprint density at radius 1 is 1.31 bits per heavy atom. The van der Waals surface area contributed by atoms with E-state index in [0.717, 1.165) is 35.5 Å². The van der Waals surface area contributed by atoms with E-state index in [1.807, 2.05) is 24.3 Å². The molecule has 2 aromatic rings. The fourth-order valence-electron chi connectivity index (χ4n) is 2.17. The number of aliphatic hydroxyl groups is 1. The maximum atomic E-state index is 9.76. The van der Waals surface area contributed by atoms with Crippen molar-refractivity contribution in [2.75, 3.05) is 0 Å². The largest absolute Gasteiger partial charge is 0.392 e. The van der Waals surface area contributed by atoms with Gasteiger partial charge >= 0.3 is 0 Å². The quantitative estimate of drug-likeness (QED) is 0.839. The Labute approximate surface area is 98.3 Å². The van der Waals surface area contributed by atoms with Crippen molar-refractivity contribution >= 4 is 22.8 Å². The third-order valence-electron chi connectivity index (χ3n) is 3.05. The Morgan fingerprint density at radius 2 is 2.19 bits per heavy atom. The molecule has 4 heteroatoms. The number of nitrogens with zero attached hydrogens (tertiary/aromatic N) is 1. The van der Waals surface area contributed by atoms with E-state index in [2.05, 4.69) is 9.97 Å². The first-order chi connectivity index (χ1) is 7.83. The number of para-hydroxylation sites is 2. The summed E-state index contributed by atoms with van der Waals surface area (Å²) in [4.78, 5) is 7.79. The molecule has 3 nitrogen and oxygen atoms in total. The number of aromatic nitrogens is 2. The Hall–Kier alpha value is -1.00. The number of thioether (sulfide) groups is 1. The molecule has 0 radical (unpaired) electrons. The van der Waals surface area contributed by atoms with E-state index in [1.165, 1.54) is 0 Å². The number of hydrogen-bond acceptors (Lipinski definition) is 3. The molecule has 3 rings (SSSR count). The Balaban J connectivity index is 1.83. The number of fused-ring (bicyclic) bond motifs is 1. The van der Waals surface area contributed by atoms with Crippen molar-refractivity contribution in [3.63, 3.8) is 0 Å². The lowest BCUT2D eigenvalue weighted by Crippen LogP contribution is -2.15. The molecule has 1 fully saturated rings. The zero-order chi connectivity index (χ0) is 11.0. The molecular weight excluding hydrogens is 220 g/mol. The van der Waals surface area contributed by atoms with Crippen LogP contribution in [0.15, 0.2) is 29.4 Å². The van der Waals surface area contributed by atoms with E-state index in [4.69, 9.17) is 0 Å². The predicted molar refractivity (Wildman–Crippen MR) is 65.6 cm³/mol. The van der Waals surface area contributed by atoms with E-state index in [-0.39, 0.29) is 6.10 Å². The van der Waals surface area contributed by atoms with Crippen molar-refractivity contribution in [2.24, 2.45) is 0 Å². The number of aromatic amines is 1. The number of imidazole rings is 1. The maximum Gasteiger partial charge on any atom is 0.166 e. The maximum absolute atomic E-state index is 9.76. The van der Waals surface area contributed by atoms with Crippen molar-refractivity contribution in [3.05, 3.63) is 24.3 Å². The average molecular weight is 234 g/mol. The molecule has 1 saturated carbocycles. The first-order valence-corrected chi connectivity index (χ1v) is 6.50. The van der Waals surface area contributed by atoms with E-state index in [0.29, 0.717) is 5.25 Å². The van der Waals surface area contributed by atoms with Gasteiger partial charge in [0.15, 0.2) is 5.16 Å². The molecule has 1 aliphatic rings. The number of benzene rings is 1. The molecule has 2 N–H and O–H groups in total. The molecule has 1 aliphatic carbocycles. The summed E-state index contributed by atoms with van der Waals surface area (Å²) in [7, 11) is 0. The zero-order valence-corrected chi connectivity index (χ0v) is 9.70. The number of hydrogen-bond donors (Lipinski definition) is 2. The molecule has 1 aromatic heterocycles. The second kappa shape index (κ2) is 4.11. The molecular formula is C12H14N2OS. The lowest BCUT2D eigenvalue weighted by atomic mass is 10.3. The molecule has 16 heavy (non-hydrogen) atoms. The van der Waals surface area contributed by atoms with Gasteiger partial charge in [0.05, 0.1) is 17.1 Å². The highest BCUT2D eigenvalue weighted by Crippen LogP contribution is 2.34. The Kier molecular flexibility index (Phi) is 2.61. The molecule has 0 amide bonds. The van der Waals surface area contributed by atoms with Gasteiger partial charge in [0, 0.05) is 5.25 Å². The molecule has 2 atom stereocenters. The molecule has 2 unspecified atom stereocenters. The minimum absolute atomic E-state index is 0.168. The summed E-state index contributed by atoms with van der Waals surface area (Å²) in [6.07, 6.45) is 2.97. The second-order valence-electron chi connectivity index (χ2n) is 4.21. The molecule has 1 heterocycles. The Bertz CT molecular complexity index is 463. The highest BCUT2D eigenvalue weighted by atomic mass is 32.2. The highest BCUT2D eigenvalue weighted by molar-refractivity contribution is 7.99. The van der Waals surface area contributed by atoms with Crippen molar-refractivity contribution in [2.45, 2.75) is 35.8 Å². The van der Waals surface area contributed by atoms with Crippen LogP contribution in [-0.2, 0) is 0 Å². The summed E-state index contributed by atoms with van der Waals surface area (Å²) < 4.78 is 0. The van der Waals surface area contributed by atoms with Crippen LogP contribution in [-0.4, -0.2) is 26.4 Å². The van der Waals surface area contributed by atoms with Gasteiger partial charge < -0.3 is 10.1 Å². The van der Waals surface area contributed by atoms with Crippen LogP contribution in [0.4, 0.5) is 0 Å². The fraction of sp³-hybridized carbons (Fsp3) is 0.417. The highest BCUT2D eigenvalue weighted by Gasteiger charge is 2.26. The lowest BCUT2D eigenvalue weighted by Gasteiger charge is -2.11. The number of rotatable bonds is 2. The fourth-order valence-corrected chi connectivity index (χ4v) is 3.36. The third kappa shape index (κ3) is 1.83. The van der Waals surface area contributed by atoms with Gasteiger partial charge in [-0.3, -0.25) is 0 Å². The lowest BCUT2D eigenvalue weighted by molar-refractivity contribution is 0.188. The van der Waals surface area contributed by atoms with Gasteiger partial charge in [0.1, 0.15) is 0 Å². The van der Waals surface area contributed by atoms with Crippen molar-refractivity contribution in [1.82, 2.24) is 9.97 Å². The summed E-state index contributed by atoms with van der Waals surface area (Å²) in [5.41, 5.74) is 2.06. The van der Waals surface area contributed by atoms with Crippen molar-refractivity contribution < 1.29 is 5.11 Å². The van der Waals surface area contributed by atoms with Gasteiger partial charge in [-0.2, -0.15) is 0 Å². The standard InChI is InChI=1S/C12H14N2OS/c15-10-6-3-7-11(10)16-12-13-8-4-1-2-5-9(8)14-12/h1-2,4-5,10-11,15H,3,6-7H2,(H,13,14). The average Bonchev–Trinajstić information content (AvgIpc) is 2.85. The SMILES string of the molecule is OC1CCCC1Sc1nc2ccccc2[nH]1. The van der Waals surface area contributed by atoms with Crippen LogP contribution < -0.4 is 0 Å². The summed E-state index contributed by atoms with van der Waals surface area (Å²) in [6.45, 7) is 0. The van der Waals surface area contributed by atoms with Crippen LogP contribution in [0.2, 0.25) is 0 Å². The third-order valence-corrected chi connectivity index (χ3v) is 4.32. The minimum atomic E-state index is -0.168. The molecule has 0 saturated heterocycles. The molecule has 1 aromatic carbocycles. The van der Waals surface area contributed by atoms with Crippen LogP contribution in [0.5, 0.6) is 0 Å². The van der Waals surface area contributed by atoms with E-state index in [1.54, 1.807) is 11.8 Å². The number of nitrogens with one attached hydrogen (secondary N) is 1. The van der Waals surface area contributed by atoms with E-state index in [9.17, 15) is 5.11 Å². The number of aliphatic hydroxyl groups excluding tert-OH is 1. The Morgan fingerprint density at radius 3 is 2.94 bits per heavy atom. The van der Waals surface area contributed by atoms with Gasteiger partial charge in [0.2, 0.25) is 0 Å². The summed E-state index contributed by atoms with van der Waals surface area (Å²) in [5, 5.41) is 11.0. The van der Waals surface area contributed by atoms with Crippen molar-refractivity contribution in [3.8, 4) is 0 Å². The topological polar surface area (TPSA) is 48.9 Å². The monoisotopic (exact) mass is 234 g/mol. The van der Waals surface area contributed by atoms with Gasteiger partial charge in [-0.25, -0.2) is 4.98 Å². The summed E-state index contributed by atoms with van der Waals surface area (Å²) >= 11 is 1.67. The van der Waals surface area contributed by atoms with Crippen molar-refractivity contribution in [1.29, 1.82) is 0 Å². The first-order valence-electron chi connectivity index (χ1n) is 5.62. The molecule has 0 aliphatic heterocycles. The van der Waals surface area contributed by atoms with Crippen LogP contribution >= 0.6 is 11.8 Å². The normalized spacial score (nSPS) is 25.3. The van der Waals surface area contributed by atoms with E-state index < -0.39 is 0 Å². The first kappa shape index (κ1) is 10.2. The zero-order valence-electron chi connectivity index (χ0n) is 8.89. The molecule has 0 spiro atoms. The van der Waals surface area contributed by atoms with E-state index >= 15 is 0 Å². The van der Waals surface area contributed by atoms with Crippen LogP contribution in [0.1, 0.15) is 19.3 Å². The van der Waals surface area contributed by atoms with Gasteiger partial charge in [-0.1, -0.05) is 23.9 Å². The van der Waals surface area contributed by atoms with Crippen LogP contribution in [0, 0.1) is 0 Å². The van der Waals surface area contributed by atoms with Gasteiger partial charge in [-0.15, -0.1) is 0 Å². The minimum Gasteiger partial charge on any atom is -0.392 e. The van der Waals surface area contributed by atoms with Gasteiger partial charge in [0.25, 0.3) is 0 Å². The second-order valence-corrected chi connectivity index (χ2v) is 5.44. The molecule has 84 valence electrons. The number of H-pyrrole nitrogens is 1. The molecule has 0 bridgehead atoms. The van der Waals surface area contributed by atoms with Crippen LogP contribution in [0.3, 0.4) is 0 Å². The smallest absolute Gasteiger partial charge is 0.166 e. The summed E-state index contributed by atoms with van der Waals surface area (Å²) in [6, 6.07) is 8.01. The van der Waals surface area contributed by atoms with Gasteiger partial charge in [-0.05, 0) is 31.4 Å². The predicted octanol–water partition coefficient (Wildman–Crippen LogP) is 2.57.